The van der Waals surface area contributed by atoms with E-state index in [1.165, 1.54) is 16.9 Å². The minimum atomic E-state index is 0.571. The molecular formula is C23H32N4OS. The molecule has 2 rings (SSSR count). The summed E-state index contributed by atoms with van der Waals surface area (Å²) in [6.45, 7) is 13.3. The number of fused-ring (bicyclic) bond motifs is 1. The highest BCUT2D eigenvalue weighted by Crippen LogP contribution is 2.39. The molecule has 6 heteroatoms. The van der Waals surface area contributed by atoms with Crippen molar-refractivity contribution in [2.75, 3.05) is 30.4 Å². The summed E-state index contributed by atoms with van der Waals surface area (Å²) in [5.74, 6) is 0. The van der Waals surface area contributed by atoms with E-state index in [0.29, 0.717) is 18.0 Å². The number of rotatable bonds is 10. The topological polar surface area (TPSA) is 57.6 Å². The van der Waals surface area contributed by atoms with E-state index in [1.54, 1.807) is 12.5 Å². The molecule has 1 N–H and O–H groups in total. The first-order valence-corrected chi connectivity index (χ1v) is 10.7. The fraction of sp³-hybridized carbons (Fsp3) is 0.348. The second-order valence-electron chi connectivity index (χ2n) is 6.04. The molecule has 0 aliphatic carbocycles. The number of aldehydes is 1. The van der Waals surface area contributed by atoms with Crippen LogP contribution in [0.4, 0.5) is 11.4 Å². The largest absolute Gasteiger partial charge is 0.370 e. The number of nitrogens with one attached hydrogen (secondary N) is 1. The number of aliphatic imine (C=N–C) groups is 1. The van der Waals surface area contributed by atoms with Crippen LogP contribution in [0.2, 0.25) is 0 Å². The molecule has 0 unspecified atom stereocenters. The van der Waals surface area contributed by atoms with Crippen LogP contribution in [0.3, 0.4) is 0 Å². The molecule has 0 fully saturated rings. The molecule has 0 spiro atoms. The van der Waals surface area contributed by atoms with Crippen LogP contribution < -0.4 is 10.2 Å². The molecule has 29 heavy (non-hydrogen) atoms. The number of hydrogen-bond donors (Lipinski definition) is 1. The lowest BCUT2D eigenvalue weighted by Gasteiger charge is -2.18. The van der Waals surface area contributed by atoms with Crippen molar-refractivity contribution >= 4 is 45.6 Å². The predicted octanol–water partition coefficient (Wildman–Crippen LogP) is 6.11. The van der Waals surface area contributed by atoms with Gasteiger partial charge >= 0.3 is 0 Å². The molecule has 0 saturated heterocycles. The second-order valence-corrected chi connectivity index (χ2v) is 7.07. The van der Waals surface area contributed by atoms with E-state index in [-0.39, 0.29) is 0 Å². The molecule has 156 valence electrons. The van der Waals surface area contributed by atoms with Gasteiger partial charge in [-0.15, -0.1) is 17.9 Å². The fourth-order valence-corrected chi connectivity index (χ4v) is 3.65. The van der Waals surface area contributed by atoms with Crippen LogP contribution in [0.5, 0.6) is 0 Å². The molecule has 0 aliphatic heterocycles. The van der Waals surface area contributed by atoms with Crippen molar-refractivity contribution in [2.45, 2.75) is 34.1 Å². The molecule has 5 nitrogen and oxygen atoms in total. The van der Waals surface area contributed by atoms with Gasteiger partial charge < -0.3 is 10.2 Å². The van der Waals surface area contributed by atoms with E-state index in [1.807, 2.05) is 39.1 Å². The highest BCUT2D eigenvalue weighted by Gasteiger charge is 2.17. The van der Waals surface area contributed by atoms with E-state index in [0.717, 1.165) is 34.3 Å². The summed E-state index contributed by atoms with van der Waals surface area (Å²) < 4.78 is 0. The number of allylic oxidation sites excluding steroid dienone is 3. The molecular weight excluding hydrogens is 380 g/mol. The minimum absolute atomic E-state index is 0.571. The standard InChI is InChI=1S/C21H26N4OS.C2H6/c1-5-8-16(3)9-7-11-22-15-24-20-18(14-26)27-21-19(20)17(10-12-23-21)25(4)13-6-2;1-2/h6-10,12,14-15H,2,5,11,13H2,1,3-4H3,(H,22,24);1-2H3/b9-7-,16-8-;. The maximum atomic E-state index is 11.5. The quantitative estimate of drug-likeness (QED) is 0.168. The summed E-state index contributed by atoms with van der Waals surface area (Å²) in [6, 6.07) is 1.95. The Kier molecular flexibility index (Phi) is 11.3. The predicted molar refractivity (Wildman–Crippen MR) is 130 cm³/mol. The van der Waals surface area contributed by atoms with Gasteiger partial charge in [0.05, 0.1) is 34.5 Å². The van der Waals surface area contributed by atoms with Crippen LogP contribution in [0, 0.1) is 0 Å². The first-order valence-electron chi connectivity index (χ1n) is 9.89. The zero-order valence-electron chi connectivity index (χ0n) is 18.1. The Hall–Kier alpha value is -2.73. The maximum Gasteiger partial charge on any atom is 0.162 e. The Morgan fingerprint density at radius 1 is 1.41 bits per heavy atom. The monoisotopic (exact) mass is 412 g/mol. The van der Waals surface area contributed by atoms with Crippen LogP contribution in [0.15, 0.2) is 53.7 Å². The van der Waals surface area contributed by atoms with Crippen LogP contribution in [-0.2, 0) is 0 Å². The van der Waals surface area contributed by atoms with Gasteiger partial charge in [-0.05, 0) is 19.4 Å². The van der Waals surface area contributed by atoms with Gasteiger partial charge in [-0.25, -0.2) is 4.98 Å². The summed E-state index contributed by atoms with van der Waals surface area (Å²) in [6.07, 6.45) is 13.4. The van der Waals surface area contributed by atoms with Gasteiger partial charge in [0.25, 0.3) is 0 Å². The van der Waals surface area contributed by atoms with Crippen molar-refractivity contribution in [3.05, 3.63) is 53.6 Å². The van der Waals surface area contributed by atoms with Gasteiger partial charge in [-0.1, -0.05) is 50.6 Å². The zero-order valence-corrected chi connectivity index (χ0v) is 18.9. The van der Waals surface area contributed by atoms with E-state index >= 15 is 0 Å². The van der Waals surface area contributed by atoms with E-state index in [9.17, 15) is 4.79 Å². The molecule has 0 atom stereocenters. The summed E-state index contributed by atoms with van der Waals surface area (Å²) in [7, 11) is 1.99. The number of thiophene rings is 1. The smallest absolute Gasteiger partial charge is 0.162 e. The van der Waals surface area contributed by atoms with Crippen LogP contribution in [0.25, 0.3) is 10.2 Å². The summed E-state index contributed by atoms with van der Waals surface area (Å²) >= 11 is 1.37. The van der Waals surface area contributed by atoms with Crippen molar-refractivity contribution in [3.63, 3.8) is 0 Å². The first-order chi connectivity index (χ1) is 14.1. The Bertz CT molecular complexity index is 880. The highest BCUT2D eigenvalue weighted by atomic mass is 32.1. The average molecular weight is 413 g/mol. The van der Waals surface area contributed by atoms with Crippen molar-refractivity contribution in [1.29, 1.82) is 0 Å². The number of hydrogen-bond acceptors (Lipinski definition) is 5. The number of likely N-dealkylation sites (N-methyl/N-ethyl adjacent to an activating group) is 1. The average Bonchev–Trinajstić information content (AvgIpc) is 3.10. The van der Waals surface area contributed by atoms with Gasteiger partial charge in [-0.3, -0.25) is 9.79 Å². The summed E-state index contributed by atoms with van der Waals surface area (Å²) in [5, 5.41) is 4.11. The van der Waals surface area contributed by atoms with Crippen LogP contribution in [0.1, 0.15) is 43.8 Å². The number of carbonyl (C=O) groups is 1. The molecule has 0 aliphatic rings. The summed E-state index contributed by atoms with van der Waals surface area (Å²) in [4.78, 5) is 23.8. The Morgan fingerprint density at radius 3 is 2.83 bits per heavy atom. The molecule has 2 aromatic rings. The highest BCUT2D eigenvalue weighted by molar-refractivity contribution is 7.21. The third-order valence-electron chi connectivity index (χ3n) is 3.94. The van der Waals surface area contributed by atoms with Gasteiger partial charge in [0.15, 0.2) is 6.29 Å². The third kappa shape index (κ3) is 6.98. The molecule has 0 aromatic carbocycles. The molecule has 2 aromatic heterocycles. The maximum absolute atomic E-state index is 11.5. The van der Waals surface area contributed by atoms with Gasteiger partial charge in [-0.2, -0.15) is 0 Å². The zero-order chi connectivity index (χ0) is 21.6. The lowest BCUT2D eigenvalue weighted by molar-refractivity contribution is 0.112. The fourth-order valence-electron chi connectivity index (χ4n) is 2.71. The van der Waals surface area contributed by atoms with Crippen molar-refractivity contribution in [2.24, 2.45) is 4.99 Å². The molecule has 0 amide bonds. The molecule has 0 bridgehead atoms. The lowest BCUT2D eigenvalue weighted by Crippen LogP contribution is -2.17. The Morgan fingerprint density at radius 2 is 2.17 bits per heavy atom. The van der Waals surface area contributed by atoms with Crippen molar-refractivity contribution < 1.29 is 4.79 Å². The van der Waals surface area contributed by atoms with Crippen molar-refractivity contribution in [3.8, 4) is 0 Å². The number of pyridine rings is 1. The summed E-state index contributed by atoms with van der Waals surface area (Å²) in [5.41, 5.74) is 2.98. The lowest BCUT2D eigenvalue weighted by atomic mass is 10.2. The third-order valence-corrected chi connectivity index (χ3v) is 4.96. The SMILES string of the molecule is C=CCN(C)c1ccnc2sc(C=O)c(NC=NC/C=C\C(C)=C/CC)c12.CC. The second kappa shape index (κ2) is 13.4. The van der Waals surface area contributed by atoms with E-state index in [2.05, 4.69) is 52.8 Å². The van der Waals surface area contributed by atoms with Crippen LogP contribution in [-0.4, -0.2) is 37.7 Å². The minimum Gasteiger partial charge on any atom is -0.370 e. The normalized spacial score (nSPS) is 11.6. The number of carbonyl (C=O) groups excluding carboxylic acids is 1. The Balaban J connectivity index is 0.00000204. The number of aromatic nitrogens is 1. The molecule has 0 radical (unpaired) electrons. The first kappa shape index (κ1) is 24.3. The molecule has 2 heterocycles. The van der Waals surface area contributed by atoms with Crippen LogP contribution >= 0.6 is 11.3 Å². The number of nitrogens with zero attached hydrogens (tertiary/aromatic N) is 3. The Labute approximate surface area is 178 Å². The van der Waals surface area contributed by atoms with E-state index < -0.39 is 0 Å². The molecule has 0 saturated carbocycles. The van der Waals surface area contributed by atoms with Gasteiger partial charge in [0.1, 0.15) is 4.83 Å². The van der Waals surface area contributed by atoms with Gasteiger partial charge in [0.2, 0.25) is 0 Å². The van der Waals surface area contributed by atoms with Gasteiger partial charge in [0, 0.05) is 19.8 Å². The van der Waals surface area contributed by atoms with Crippen molar-refractivity contribution in [1.82, 2.24) is 4.98 Å². The number of anilines is 2. The van der Waals surface area contributed by atoms with E-state index in [4.69, 9.17) is 0 Å².